The molecular formula is C17H19ClN4O6S. The molecule has 0 bridgehead atoms. The van der Waals surface area contributed by atoms with Crippen molar-refractivity contribution >= 4 is 45.2 Å². The zero-order valence-electron chi connectivity index (χ0n) is 15.7. The average molecular weight is 443 g/mol. The molecule has 1 aliphatic heterocycles. The summed E-state index contributed by atoms with van der Waals surface area (Å²) in [6.45, 7) is 2.87. The van der Waals surface area contributed by atoms with Crippen LogP contribution in [0.1, 0.15) is 29.5 Å². The predicted octanol–water partition coefficient (Wildman–Crippen LogP) is 1.70. The molecular weight excluding hydrogens is 424 g/mol. The average Bonchev–Trinajstić information content (AvgIpc) is 3.29. The highest BCUT2D eigenvalue weighted by molar-refractivity contribution is 7.91. The van der Waals surface area contributed by atoms with Crippen LogP contribution < -0.4 is 5.32 Å². The van der Waals surface area contributed by atoms with Gasteiger partial charge in [0.15, 0.2) is 22.3 Å². The molecule has 29 heavy (non-hydrogen) atoms. The number of hydrogen-bond acceptors (Lipinski definition) is 8. The maximum atomic E-state index is 11.9. The monoisotopic (exact) mass is 442 g/mol. The summed E-state index contributed by atoms with van der Waals surface area (Å²) in [6.07, 6.45) is 2.99. The van der Waals surface area contributed by atoms with E-state index in [1.807, 2.05) is 0 Å². The second-order valence-electron chi connectivity index (χ2n) is 6.60. The first-order chi connectivity index (χ1) is 13.6. The minimum absolute atomic E-state index is 0.0147. The van der Waals surface area contributed by atoms with Crippen LogP contribution in [0.2, 0.25) is 5.15 Å². The van der Waals surface area contributed by atoms with Crippen molar-refractivity contribution in [2.24, 2.45) is 0 Å². The van der Waals surface area contributed by atoms with Gasteiger partial charge in [-0.15, -0.1) is 0 Å². The molecule has 0 radical (unpaired) electrons. The van der Waals surface area contributed by atoms with Gasteiger partial charge in [-0.3, -0.25) is 4.79 Å². The number of hydrogen-bond donors (Lipinski definition) is 1. The molecule has 1 amide bonds. The van der Waals surface area contributed by atoms with Gasteiger partial charge in [-0.25, -0.2) is 17.9 Å². The lowest BCUT2D eigenvalue weighted by atomic mass is 10.2. The van der Waals surface area contributed by atoms with Crippen LogP contribution in [0.25, 0.3) is 6.08 Å². The molecule has 2 aromatic rings. The standard InChI is InChI=1S/C17H19ClN4O6S/c1-10-7-14(21-28-10)19-15(23)8-27-16(24)4-3-13-11(2)20-22(17(13)18)12-5-6-29(25,26)9-12/h3-4,7,12H,5-6,8-9H2,1-2H3,(H,19,21,23)/b4-3+/t12-/m0/s1. The van der Waals surface area contributed by atoms with Crippen LogP contribution >= 0.6 is 11.6 Å². The van der Waals surface area contributed by atoms with Crippen LogP contribution in [0, 0.1) is 13.8 Å². The molecule has 1 aliphatic rings. The van der Waals surface area contributed by atoms with Gasteiger partial charge in [0.25, 0.3) is 5.91 Å². The third-order valence-electron chi connectivity index (χ3n) is 4.25. The maximum Gasteiger partial charge on any atom is 0.331 e. The minimum atomic E-state index is -3.09. The third kappa shape index (κ3) is 5.24. The van der Waals surface area contributed by atoms with Gasteiger partial charge >= 0.3 is 5.97 Å². The number of aryl methyl sites for hydroxylation is 2. The fourth-order valence-corrected chi connectivity index (χ4v) is 4.94. The van der Waals surface area contributed by atoms with E-state index in [2.05, 4.69) is 15.6 Å². The molecule has 0 unspecified atom stereocenters. The molecule has 10 nitrogen and oxygen atoms in total. The van der Waals surface area contributed by atoms with Crippen molar-refractivity contribution < 1.29 is 27.3 Å². The van der Waals surface area contributed by atoms with Crippen molar-refractivity contribution in [2.75, 3.05) is 23.4 Å². The molecule has 12 heteroatoms. The Morgan fingerprint density at radius 1 is 1.45 bits per heavy atom. The summed E-state index contributed by atoms with van der Waals surface area (Å²) in [5, 5.41) is 10.6. The largest absolute Gasteiger partial charge is 0.452 e. The first-order valence-corrected chi connectivity index (χ1v) is 10.9. The Morgan fingerprint density at radius 3 is 2.83 bits per heavy atom. The lowest BCUT2D eigenvalue weighted by molar-refractivity contribution is -0.142. The summed E-state index contributed by atoms with van der Waals surface area (Å²) in [4.78, 5) is 23.6. The number of nitrogens with one attached hydrogen (secondary N) is 1. The van der Waals surface area contributed by atoms with E-state index in [0.29, 0.717) is 23.4 Å². The Balaban J connectivity index is 1.58. The number of sulfone groups is 1. The van der Waals surface area contributed by atoms with Crippen molar-refractivity contribution in [3.63, 3.8) is 0 Å². The maximum absolute atomic E-state index is 11.9. The van der Waals surface area contributed by atoms with Gasteiger partial charge in [0, 0.05) is 17.7 Å². The fraction of sp³-hybridized carbons (Fsp3) is 0.412. The van der Waals surface area contributed by atoms with Crippen LogP contribution in [0.3, 0.4) is 0 Å². The number of esters is 1. The second kappa shape index (κ2) is 8.37. The minimum Gasteiger partial charge on any atom is -0.452 e. The number of nitrogens with zero attached hydrogens (tertiary/aromatic N) is 3. The van der Waals surface area contributed by atoms with Gasteiger partial charge in [0.2, 0.25) is 0 Å². The van der Waals surface area contributed by atoms with Gasteiger partial charge in [-0.05, 0) is 26.3 Å². The molecule has 3 rings (SSSR count). The van der Waals surface area contributed by atoms with Crippen LogP contribution in [0.4, 0.5) is 5.82 Å². The van der Waals surface area contributed by atoms with E-state index in [9.17, 15) is 18.0 Å². The summed E-state index contributed by atoms with van der Waals surface area (Å²) >= 11 is 6.33. The Labute approximate surface area is 171 Å². The third-order valence-corrected chi connectivity index (χ3v) is 6.38. The molecule has 1 fully saturated rings. The van der Waals surface area contributed by atoms with E-state index in [1.165, 1.54) is 16.8 Å². The Kier molecular flexibility index (Phi) is 6.08. The SMILES string of the molecule is Cc1cc(NC(=O)COC(=O)/C=C/c2c(C)nn([C@H]3CCS(=O)(=O)C3)c2Cl)no1. The van der Waals surface area contributed by atoms with Gasteiger partial charge in [-0.2, -0.15) is 5.10 Å². The first-order valence-electron chi connectivity index (χ1n) is 8.67. The zero-order valence-corrected chi connectivity index (χ0v) is 17.3. The molecule has 3 heterocycles. The molecule has 2 aromatic heterocycles. The number of halogens is 1. The van der Waals surface area contributed by atoms with Crippen LogP contribution in [0.5, 0.6) is 0 Å². The van der Waals surface area contributed by atoms with E-state index in [0.717, 1.165) is 6.08 Å². The van der Waals surface area contributed by atoms with E-state index in [-0.39, 0.29) is 28.5 Å². The zero-order chi connectivity index (χ0) is 21.2. The molecule has 0 aliphatic carbocycles. The van der Waals surface area contributed by atoms with Crippen LogP contribution in [-0.4, -0.2) is 53.3 Å². The molecule has 1 N–H and O–H groups in total. The smallest absolute Gasteiger partial charge is 0.331 e. The Hall–Kier alpha value is -2.66. The lowest BCUT2D eigenvalue weighted by Crippen LogP contribution is -2.20. The summed E-state index contributed by atoms with van der Waals surface area (Å²) < 4.78 is 34.5. The Bertz CT molecular complexity index is 1070. The predicted molar refractivity (Wildman–Crippen MR) is 104 cm³/mol. The molecule has 0 spiro atoms. The highest BCUT2D eigenvalue weighted by Crippen LogP contribution is 2.30. The topological polar surface area (TPSA) is 133 Å². The van der Waals surface area contributed by atoms with Crippen molar-refractivity contribution in [3.05, 3.63) is 34.3 Å². The summed E-state index contributed by atoms with van der Waals surface area (Å²) in [7, 11) is -3.09. The van der Waals surface area contributed by atoms with Crippen molar-refractivity contribution in [3.8, 4) is 0 Å². The lowest BCUT2D eigenvalue weighted by Gasteiger charge is -2.09. The highest BCUT2D eigenvalue weighted by atomic mass is 35.5. The van der Waals surface area contributed by atoms with E-state index in [4.69, 9.17) is 20.9 Å². The van der Waals surface area contributed by atoms with Crippen LogP contribution in [0.15, 0.2) is 16.7 Å². The van der Waals surface area contributed by atoms with E-state index >= 15 is 0 Å². The molecule has 0 saturated carbocycles. The number of rotatable bonds is 6. The Morgan fingerprint density at radius 2 is 2.21 bits per heavy atom. The quantitative estimate of drug-likeness (QED) is 0.527. The van der Waals surface area contributed by atoms with Gasteiger partial charge in [0.05, 0.1) is 23.2 Å². The molecule has 1 saturated heterocycles. The number of carbonyl (C=O) groups excluding carboxylic acids is 2. The van der Waals surface area contributed by atoms with Crippen molar-refractivity contribution in [2.45, 2.75) is 26.3 Å². The molecule has 156 valence electrons. The fourth-order valence-electron chi connectivity index (χ4n) is 2.87. The van der Waals surface area contributed by atoms with E-state index in [1.54, 1.807) is 13.8 Å². The molecule has 1 atom stereocenters. The second-order valence-corrected chi connectivity index (χ2v) is 9.19. The molecule has 0 aromatic carbocycles. The number of ether oxygens (including phenoxy) is 1. The summed E-state index contributed by atoms with van der Waals surface area (Å²) in [5.41, 5.74) is 1.03. The first kappa shape index (κ1) is 21.1. The van der Waals surface area contributed by atoms with E-state index < -0.39 is 28.3 Å². The number of aromatic nitrogens is 3. The van der Waals surface area contributed by atoms with Crippen LogP contribution in [-0.2, 0) is 24.2 Å². The van der Waals surface area contributed by atoms with Gasteiger partial charge < -0.3 is 14.6 Å². The number of carbonyl (C=O) groups is 2. The highest BCUT2D eigenvalue weighted by Gasteiger charge is 2.31. The number of amides is 1. The summed E-state index contributed by atoms with van der Waals surface area (Å²) in [5.74, 6) is -0.474. The van der Waals surface area contributed by atoms with Gasteiger partial charge in [-0.1, -0.05) is 16.8 Å². The van der Waals surface area contributed by atoms with Crippen molar-refractivity contribution in [1.29, 1.82) is 0 Å². The van der Waals surface area contributed by atoms with Crippen molar-refractivity contribution in [1.82, 2.24) is 14.9 Å². The number of anilines is 1. The normalized spacial score (nSPS) is 18.2. The summed E-state index contributed by atoms with van der Waals surface area (Å²) in [6, 6.07) is 1.20. The van der Waals surface area contributed by atoms with Gasteiger partial charge in [0.1, 0.15) is 10.9 Å².